The quantitative estimate of drug-likeness (QED) is 0.421. The second-order valence-corrected chi connectivity index (χ2v) is 4.75. The van der Waals surface area contributed by atoms with E-state index in [0.29, 0.717) is 5.82 Å². The van der Waals surface area contributed by atoms with Crippen LogP contribution in [0.5, 0.6) is 0 Å². The molecule has 124 valence electrons. The summed E-state index contributed by atoms with van der Waals surface area (Å²) < 4.78 is 0. The number of urea groups is 1. The largest absolute Gasteiger partial charge is 0.377 e. The Kier molecular flexibility index (Phi) is 5.38. The van der Waals surface area contributed by atoms with Crippen molar-refractivity contribution >= 4 is 11.8 Å². The van der Waals surface area contributed by atoms with Crippen LogP contribution in [-0.4, -0.2) is 65.0 Å². The first-order valence-corrected chi connectivity index (χ1v) is 6.58. The molecule has 1 saturated heterocycles. The number of nitrogens with zero attached hydrogens (tertiary/aromatic N) is 4. The standard InChI is InChI=1S/C9H12N4O6.C3H8/c1-5-10-3-2-6(11-5)12-4-8(15,16)13(7(12)14)9(17,18)19;1-3-2/h2-3,15-19H,4H2,1H3;3H2,1-2H3. The van der Waals surface area contributed by atoms with E-state index < -0.39 is 24.6 Å². The maximum atomic E-state index is 11.9. The zero-order chi connectivity index (χ0) is 17.1. The molecule has 0 unspecified atom stereocenters. The van der Waals surface area contributed by atoms with Crippen molar-refractivity contribution < 1.29 is 30.3 Å². The van der Waals surface area contributed by atoms with Crippen molar-refractivity contribution in [3.8, 4) is 0 Å². The van der Waals surface area contributed by atoms with Crippen LogP contribution in [0.25, 0.3) is 0 Å². The Labute approximate surface area is 126 Å². The summed E-state index contributed by atoms with van der Waals surface area (Å²) in [7, 11) is 0. The van der Waals surface area contributed by atoms with E-state index in [-0.39, 0.29) is 10.7 Å². The highest BCUT2D eigenvalue weighted by Crippen LogP contribution is 2.29. The molecule has 1 aromatic rings. The minimum atomic E-state index is -3.71. The van der Waals surface area contributed by atoms with E-state index in [1.807, 2.05) is 0 Å². The molecule has 0 aromatic carbocycles. The molecule has 2 rings (SSSR count). The number of aliphatic hydroxyl groups is 5. The fourth-order valence-electron chi connectivity index (χ4n) is 1.77. The van der Waals surface area contributed by atoms with Crippen LogP contribution >= 0.6 is 0 Å². The predicted octanol–water partition coefficient (Wildman–Crippen LogP) is -1.33. The molecule has 0 spiro atoms. The number of carbonyl (C=O) groups is 1. The van der Waals surface area contributed by atoms with Crippen molar-refractivity contribution in [1.82, 2.24) is 14.9 Å². The molecule has 2 amide bonds. The van der Waals surface area contributed by atoms with Crippen LogP contribution in [0, 0.1) is 6.92 Å². The first-order valence-electron chi connectivity index (χ1n) is 6.58. The summed E-state index contributed by atoms with van der Waals surface area (Å²) in [5, 5.41) is 46.1. The van der Waals surface area contributed by atoms with E-state index in [0.717, 1.165) is 4.90 Å². The van der Waals surface area contributed by atoms with E-state index in [9.17, 15) is 15.0 Å². The maximum absolute atomic E-state index is 11.9. The molecule has 1 aliphatic rings. The van der Waals surface area contributed by atoms with Gasteiger partial charge in [-0.3, -0.25) is 4.90 Å². The summed E-state index contributed by atoms with van der Waals surface area (Å²) in [6.45, 7) is 5.08. The number of carbonyl (C=O) groups excluding carboxylic acids is 1. The van der Waals surface area contributed by atoms with Gasteiger partial charge in [0.05, 0.1) is 0 Å². The third-order valence-corrected chi connectivity index (χ3v) is 2.49. The second-order valence-electron chi connectivity index (χ2n) is 4.75. The number of amides is 2. The van der Waals surface area contributed by atoms with Crippen LogP contribution in [0.15, 0.2) is 12.3 Å². The molecule has 2 heterocycles. The summed E-state index contributed by atoms with van der Waals surface area (Å²) in [4.78, 5) is 20.0. The fraction of sp³-hybridized carbons (Fsp3) is 0.583. The van der Waals surface area contributed by atoms with Crippen LogP contribution in [0.1, 0.15) is 26.1 Å². The lowest BCUT2D eigenvalue weighted by atomic mass is 10.4. The van der Waals surface area contributed by atoms with Crippen LogP contribution in [0.4, 0.5) is 10.6 Å². The Morgan fingerprint density at radius 1 is 1.32 bits per heavy atom. The molecule has 5 N–H and O–H groups in total. The van der Waals surface area contributed by atoms with Gasteiger partial charge in [-0.1, -0.05) is 20.3 Å². The van der Waals surface area contributed by atoms with Crippen LogP contribution in [-0.2, 0) is 0 Å². The lowest BCUT2D eigenvalue weighted by Crippen LogP contribution is -2.60. The highest BCUT2D eigenvalue weighted by atomic mass is 16.7. The Bertz CT molecular complexity index is 531. The fourth-order valence-corrected chi connectivity index (χ4v) is 1.77. The minimum Gasteiger partial charge on any atom is -0.347 e. The molecule has 10 heteroatoms. The third-order valence-electron chi connectivity index (χ3n) is 2.49. The Hall–Kier alpha value is -1.85. The highest BCUT2D eigenvalue weighted by molar-refractivity contribution is 5.94. The van der Waals surface area contributed by atoms with Gasteiger partial charge in [0.2, 0.25) is 0 Å². The van der Waals surface area contributed by atoms with Gasteiger partial charge in [0.25, 0.3) is 5.91 Å². The molecule has 1 fully saturated rings. The second kappa shape index (κ2) is 6.50. The summed E-state index contributed by atoms with van der Waals surface area (Å²) in [6.07, 6.45) is -1.12. The van der Waals surface area contributed by atoms with Crippen molar-refractivity contribution in [2.24, 2.45) is 0 Å². The Balaban J connectivity index is 0.000000745. The van der Waals surface area contributed by atoms with Gasteiger partial charge in [0.1, 0.15) is 18.2 Å². The summed E-state index contributed by atoms with van der Waals surface area (Å²) in [5.74, 6) is -2.61. The van der Waals surface area contributed by atoms with E-state index in [1.54, 1.807) is 6.92 Å². The summed E-state index contributed by atoms with van der Waals surface area (Å²) >= 11 is 0. The average molecular weight is 316 g/mol. The first kappa shape index (κ1) is 18.2. The minimum absolute atomic E-state index is 0.0247. The number of aryl methyl sites for hydroxylation is 1. The molecule has 0 atom stereocenters. The van der Waals surface area contributed by atoms with Crippen LogP contribution in [0.3, 0.4) is 0 Å². The number of hydrogen-bond acceptors (Lipinski definition) is 8. The SMILES string of the molecule is CCC.Cc1nccc(N2CC(O)(O)N(C(O)(O)O)C2=O)n1. The van der Waals surface area contributed by atoms with Gasteiger partial charge >= 0.3 is 12.1 Å². The highest BCUT2D eigenvalue weighted by Gasteiger charge is 2.57. The third kappa shape index (κ3) is 3.87. The van der Waals surface area contributed by atoms with Crippen molar-refractivity contribution in [1.29, 1.82) is 0 Å². The topological polar surface area (TPSA) is 150 Å². The van der Waals surface area contributed by atoms with Gasteiger partial charge in [-0.2, -0.15) is 4.90 Å². The van der Waals surface area contributed by atoms with Crippen LogP contribution < -0.4 is 4.90 Å². The Morgan fingerprint density at radius 3 is 2.27 bits per heavy atom. The van der Waals surface area contributed by atoms with Gasteiger partial charge in [-0.05, 0) is 13.0 Å². The van der Waals surface area contributed by atoms with Crippen molar-refractivity contribution in [2.45, 2.75) is 39.2 Å². The number of β-amino-alcohol motifs (C(OH)–C–C–N with tert-alkyl or cyclic N) is 2. The smallest absolute Gasteiger partial charge is 0.347 e. The predicted molar refractivity (Wildman–Crippen MR) is 73.9 cm³/mol. The van der Waals surface area contributed by atoms with Crippen molar-refractivity contribution in [2.75, 3.05) is 11.4 Å². The lowest BCUT2D eigenvalue weighted by Gasteiger charge is -2.31. The van der Waals surface area contributed by atoms with Gasteiger partial charge in [0, 0.05) is 6.20 Å². The van der Waals surface area contributed by atoms with Gasteiger partial charge in [-0.25, -0.2) is 14.8 Å². The number of hydrogen-bond donors (Lipinski definition) is 5. The average Bonchev–Trinajstić information content (AvgIpc) is 2.59. The van der Waals surface area contributed by atoms with Gasteiger partial charge in [-0.15, -0.1) is 0 Å². The van der Waals surface area contributed by atoms with Gasteiger partial charge < -0.3 is 25.5 Å². The molecule has 22 heavy (non-hydrogen) atoms. The van der Waals surface area contributed by atoms with E-state index in [4.69, 9.17) is 15.3 Å². The Morgan fingerprint density at radius 2 is 1.86 bits per heavy atom. The van der Waals surface area contributed by atoms with Crippen LogP contribution in [0.2, 0.25) is 0 Å². The monoisotopic (exact) mass is 316 g/mol. The summed E-state index contributed by atoms with van der Waals surface area (Å²) in [5.41, 5.74) is 0. The molecule has 1 aliphatic heterocycles. The zero-order valence-corrected chi connectivity index (χ0v) is 12.5. The number of anilines is 1. The zero-order valence-electron chi connectivity index (χ0n) is 12.5. The van der Waals surface area contributed by atoms with E-state index >= 15 is 0 Å². The molecule has 0 bridgehead atoms. The molecule has 1 aromatic heterocycles. The maximum Gasteiger partial charge on any atom is 0.377 e. The molecule has 10 nitrogen and oxygen atoms in total. The first-order chi connectivity index (χ1) is 10.0. The van der Waals surface area contributed by atoms with E-state index in [2.05, 4.69) is 23.8 Å². The normalized spacial score (nSPS) is 17.4. The van der Waals surface area contributed by atoms with Crippen molar-refractivity contribution in [3.05, 3.63) is 18.1 Å². The van der Waals surface area contributed by atoms with Gasteiger partial charge in [0.15, 0.2) is 0 Å². The summed E-state index contributed by atoms with van der Waals surface area (Å²) in [6, 6.07) is 0.0776. The van der Waals surface area contributed by atoms with Crippen molar-refractivity contribution in [3.63, 3.8) is 0 Å². The number of rotatable bonds is 2. The lowest BCUT2D eigenvalue weighted by molar-refractivity contribution is -0.433. The molecule has 0 saturated carbocycles. The van der Waals surface area contributed by atoms with E-state index in [1.165, 1.54) is 18.7 Å². The molecular weight excluding hydrogens is 296 g/mol. The molecular formula is C12H20N4O6. The molecule has 0 radical (unpaired) electrons. The number of aromatic nitrogens is 2. The molecule has 0 aliphatic carbocycles.